The maximum Gasteiger partial charge on any atom is 0.401 e. The minimum absolute atomic E-state index is 0.165. The minimum atomic E-state index is -4.17. The summed E-state index contributed by atoms with van der Waals surface area (Å²) in [6.45, 7) is 3.11. The predicted molar refractivity (Wildman–Crippen MR) is 77.9 cm³/mol. The number of furan rings is 1. The molecule has 1 saturated heterocycles. The van der Waals surface area contributed by atoms with Crippen molar-refractivity contribution in [2.75, 3.05) is 39.3 Å². The van der Waals surface area contributed by atoms with Gasteiger partial charge in [-0.05, 0) is 19.1 Å². The summed E-state index contributed by atoms with van der Waals surface area (Å²) in [5.74, 6) is 0.687. The Balaban J connectivity index is 1.66. The maximum absolute atomic E-state index is 12.5. The molecule has 8 heteroatoms. The van der Waals surface area contributed by atoms with E-state index in [4.69, 9.17) is 9.15 Å². The molecule has 0 saturated carbocycles. The summed E-state index contributed by atoms with van der Waals surface area (Å²) in [4.78, 5) is 3.40. The van der Waals surface area contributed by atoms with Gasteiger partial charge in [-0.3, -0.25) is 9.80 Å². The standard InChI is InChI=1S/C15H23F3N2O3/c1-12-7-19(4-5-20(12)11-15(16,17)18)8-13(21)9-22-10-14-3-2-6-23-14/h2-3,6,12-13,21H,4-5,7-11H2,1H3. The second kappa shape index (κ2) is 8.14. The van der Waals surface area contributed by atoms with Gasteiger partial charge in [0, 0.05) is 32.2 Å². The van der Waals surface area contributed by atoms with Crippen LogP contribution in [-0.4, -0.2) is 72.6 Å². The summed E-state index contributed by atoms with van der Waals surface area (Å²) in [5.41, 5.74) is 0. The molecule has 0 amide bonds. The molecule has 1 aromatic heterocycles. The lowest BCUT2D eigenvalue weighted by Crippen LogP contribution is -2.55. The Hall–Kier alpha value is -1.09. The van der Waals surface area contributed by atoms with Crippen LogP contribution in [0.4, 0.5) is 13.2 Å². The molecule has 1 N–H and O–H groups in total. The van der Waals surface area contributed by atoms with Crippen molar-refractivity contribution in [2.24, 2.45) is 0 Å². The molecule has 5 nitrogen and oxygen atoms in total. The van der Waals surface area contributed by atoms with Crippen molar-refractivity contribution in [3.63, 3.8) is 0 Å². The highest BCUT2D eigenvalue weighted by molar-refractivity contribution is 4.96. The minimum Gasteiger partial charge on any atom is -0.467 e. The SMILES string of the molecule is CC1CN(CC(O)COCc2ccco2)CCN1CC(F)(F)F. The van der Waals surface area contributed by atoms with Crippen molar-refractivity contribution in [2.45, 2.75) is 31.9 Å². The largest absolute Gasteiger partial charge is 0.467 e. The number of aliphatic hydroxyl groups is 1. The first-order valence-electron chi connectivity index (χ1n) is 7.65. The van der Waals surface area contributed by atoms with Crippen molar-refractivity contribution >= 4 is 0 Å². The Morgan fingerprint density at radius 1 is 1.43 bits per heavy atom. The van der Waals surface area contributed by atoms with E-state index in [1.807, 2.05) is 4.90 Å². The Morgan fingerprint density at radius 3 is 2.83 bits per heavy atom. The van der Waals surface area contributed by atoms with E-state index >= 15 is 0 Å². The number of β-amino-alcohol motifs (C(OH)–C–C–N with tert-alkyl or cyclic N) is 1. The number of hydrogen-bond acceptors (Lipinski definition) is 5. The smallest absolute Gasteiger partial charge is 0.401 e. The molecule has 1 aromatic rings. The van der Waals surface area contributed by atoms with E-state index in [0.717, 1.165) is 0 Å². The number of nitrogens with zero attached hydrogens (tertiary/aromatic N) is 2. The zero-order valence-electron chi connectivity index (χ0n) is 13.1. The van der Waals surface area contributed by atoms with Gasteiger partial charge in [0.1, 0.15) is 12.4 Å². The van der Waals surface area contributed by atoms with Gasteiger partial charge in [0.05, 0.1) is 25.5 Å². The van der Waals surface area contributed by atoms with E-state index in [2.05, 4.69) is 0 Å². The number of aliphatic hydroxyl groups excluding tert-OH is 1. The van der Waals surface area contributed by atoms with Crippen molar-refractivity contribution in [1.29, 1.82) is 0 Å². The lowest BCUT2D eigenvalue weighted by atomic mass is 10.1. The monoisotopic (exact) mass is 336 g/mol. The first kappa shape index (κ1) is 18.3. The van der Waals surface area contributed by atoms with E-state index in [-0.39, 0.29) is 12.6 Å². The summed E-state index contributed by atoms with van der Waals surface area (Å²) < 4.78 is 47.9. The molecule has 2 atom stereocenters. The van der Waals surface area contributed by atoms with Crippen LogP contribution in [0.25, 0.3) is 0 Å². The van der Waals surface area contributed by atoms with Gasteiger partial charge in [-0.2, -0.15) is 13.2 Å². The number of ether oxygens (including phenoxy) is 1. The zero-order valence-corrected chi connectivity index (χ0v) is 13.1. The van der Waals surface area contributed by atoms with Crippen LogP contribution >= 0.6 is 0 Å². The molecule has 1 aliphatic rings. The Kier molecular flexibility index (Phi) is 6.46. The van der Waals surface area contributed by atoms with Crippen molar-refractivity contribution in [3.05, 3.63) is 24.2 Å². The fraction of sp³-hybridized carbons (Fsp3) is 0.733. The van der Waals surface area contributed by atoms with Crippen LogP contribution in [0.2, 0.25) is 0 Å². The van der Waals surface area contributed by atoms with Gasteiger partial charge in [-0.1, -0.05) is 0 Å². The van der Waals surface area contributed by atoms with Crippen LogP contribution in [0.1, 0.15) is 12.7 Å². The first-order valence-corrected chi connectivity index (χ1v) is 7.65. The summed E-state index contributed by atoms with van der Waals surface area (Å²) in [6, 6.07) is 3.35. The second-order valence-corrected chi connectivity index (χ2v) is 5.94. The molecular weight excluding hydrogens is 313 g/mol. The number of alkyl halides is 3. The van der Waals surface area contributed by atoms with E-state index in [1.54, 1.807) is 25.3 Å². The topological polar surface area (TPSA) is 49.1 Å². The van der Waals surface area contributed by atoms with E-state index in [9.17, 15) is 18.3 Å². The molecule has 2 heterocycles. The van der Waals surface area contributed by atoms with Crippen LogP contribution < -0.4 is 0 Å². The molecule has 1 fully saturated rings. The Bertz CT molecular complexity index is 453. The molecular formula is C15H23F3N2O3. The molecule has 0 bridgehead atoms. The molecule has 2 unspecified atom stereocenters. The maximum atomic E-state index is 12.5. The van der Waals surface area contributed by atoms with Crippen molar-refractivity contribution < 1.29 is 27.4 Å². The highest BCUT2D eigenvalue weighted by Gasteiger charge is 2.35. The summed E-state index contributed by atoms with van der Waals surface area (Å²) >= 11 is 0. The van der Waals surface area contributed by atoms with Gasteiger partial charge in [0.2, 0.25) is 0 Å². The van der Waals surface area contributed by atoms with Crippen LogP contribution in [0.5, 0.6) is 0 Å². The van der Waals surface area contributed by atoms with Crippen LogP contribution in [0.15, 0.2) is 22.8 Å². The molecule has 1 aliphatic heterocycles. The predicted octanol–water partition coefficient (Wildman–Crippen LogP) is 1.73. The van der Waals surface area contributed by atoms with Crippen molar-refractivity contribution in [3.8, 4) is 0 Å². The second-order valence-electron chi connectivity index (χ2n) is 5.94. The van der Waals surface area contributed by atoms with Crippen LogP contribution in [-0.2, 0) is 11.3 Å². The van der Waals surface area contributed by atoms with Gasteiger partial charge in [0.15, 0.2) is 0 Å². The normalized spacial score (nSPS) is 22.4. The quantitative estimate of drug-likeness (QED) is 0.822. The highest BCUT2D eigenvalue weighted by Crippen LogP contribution is 2.20. The first-order chi connectivity index (χ1) is 10.8. The lowest BCUT2D eigenvalue weighted by Gasteiger charge is -2.40. The number of rotatable bonds is 7. The molecule has 2 rings (SSSR count). The zero-order chi connectivity index (χ0) is 16.9. The third-order valence-electron chi connectivity index (χ3n) is 3.84. The average molecular weight is 336 g/mol. The van der Waals surface area contributed by atoms with E-state index in [1.165, 1.54) is 4.90 Å². The highest BCUT2D eigenvalue weighted by atomic mass is 19.4. The van der Waals surface area contributed by atoms with Gasteiger partial charge in [-0.15, -0.1) is 0 Å². The van der Waals surface area contributed by atoms with Gasteiger partial charge < -0.3 is 14.3 Å². The number of hydrogen-bond donors (Lipinski definition) is 1. The fourth-order valence-electron chi connectivity index (χ4n) is 2.74. The lowest BCUT2D eigenvalue weighted by molar-refractivity contribution is -0.155. The van der Waals surface area contributed by atoms with Gasteiger partial charge in [-0.25, -0.2) is 0 Å². The molecule has 0 aromatic carbocycles. The molecule has 132 valence electrons. The summed E-state index contributed by atoms with van der Waals surface area (Å²) in [6.07, 6.45) is -3.29. The molecule has 0 spiro atoms. The summed E-state index contributed by atoms with van der Waals surface area (Å²) in [5, 5.41) is 9.98. The van der Waals surface area contributed by atoms with Crippen LogP contribution in [0, 0.1) is 0 Å². The molecule has 0 aliphatic carbocycles. The third-order valence-corrected chi connectivity index (χ3v) is 3.84. The third kappa shape index (κ3) is 6.50. The number of piperazine rings is 1. The Morgan fingerprint density at radius 2 is 2.22 bits per heavy atom. The van der Waals surface area contributed by atoms with Gasteiger partial charge in [0.25, 0.3) is 0 Å². The molecule has 23 heavy (non-hydrogen) atoms. The average Bonchev–Trinajstić information content (AvgIpc) is 2.94. The van der Waals surface area contributed by atoms with E-state index < -0.39 is 18.8 Å². The van der Waals surface area contributed by atoms with Crippen molar-refractivity contribution in [1.82, 2.24) is 9.80 Å². The van der Waals surface area contributed by atoms with E-state index in [0.29, 0.717) is 38.5 Å². The number of halogens is 3. The molecule has 0 radical (unpaired) electrons. The Labute approximate surface area is 133 Å². The fourth-order valence-corrected chi connectivity index (χ4v) is 2.74. The van der Waals surface area contributed by atoms with Crippen LogP contribution in [0.3, 0.4) is 0 Å². The summed E-state index contributed by atoms with van der Waals surface area (Å²) in [7, 11) is 0. The van der Waals surface area contributed by atoms with Gasteiger partial charge >= 0.3 is 6.18 Å².